The molecule has 3 aromatic rings. The maximum Gasteiger partial charge on any atom is 0.271 e. The van der Waals surface area contributed by atoms with Gasteiger partial charge in [0, 0.05) is 5.69 Å². The molecule has 0 spiro atoms. The number of fused-ring (bicyclic) bond motifs is 1. The average Bonchev–Trinajstić information content (AvgIpc) is 2.99. The summed E-state index contributed by atoms with van der Waals surface area (Å²) in [5.74, 6) is -0.279. The van der Waals surface area contributed by atoms with Crippen LogP contribution >= 0.6 is 11.3 Å². The molecule has 2 aromatic carbocycles. The van der Waals surface area contributed by atoms with Crippen molar-refractivity contribution in [1.82, 2.24) is 4.57 Å². The fraction of sp³-hybridized carbons (Fsp3) is 0.100. The molecule has 0 aliphatic carbocycles. The molecule has 0 atom stereocenters. The van der Waals surface area contributed by atoms with Gasteiger partial charge in [0.1, 0.15) is 19.2 Å². The van der Waals surface area contributed by atoms with Crippen molar-refractivity contribution >= 4 is 29.2 Å². The summed E-state index contributed by atoms with van der Waals surface area (Å²) in [6.45, 7) is 0.862. The molecule has 0 saturated carbocycles. The largest absolute Gasteiger partial charge is 0.334 e. The van der Waals surface area contributed by atoms with Gasteiger partial charge in [-0.25, -0.2) is 9.38 Å². The van der Waals surface area contributed by atoms with Gasteiger partial charge in [-0.15, -0.1) is 0 Å². The number of thiazole rings is 1. The van der Waals surface area contributed by atoms with Gasteiger partial charge >= 0.3 is 0 Å². The minimum Gasteiger partial charge on any atom is -0.334 e. The number of rotatable bonds is 3. The van der Waals surface area contributed by atoms with Crippen LogP contribution in [0.4, 0.5) is 10.1 Å². The lowest BCUT2D eigenvalue weighted by molar-refractivity contribution is 0.568. The predicted molar refractivity (Wildman–Crippen MR) is 103 cm³/mol. The van der Waals surface area contributed by atoms with Crippen molar-refractivity contribution in [2.24, 2.45) is 4.99 Å². The smallest absolute Gasteiger partial charge is 0.271 e. The molecule has 0 saturated heterocycles. The summed E-state index contributed by atoms with van der Waals surface area (Å²) < 4.78 is 15.4. The second kappa shape index (κ2) is 7.09. The number of halogens is 1. The molecular formula is C20H16FN3OS. The van der Waals surface area contributed by atoms with E-state index >= 15 is 0 Å². The van der Waals surface area contributed by atoms with Crippen molar-refractivity contribution in [2.75, 3.05) is 11.6 Å². The minimum atomic E-state index is -0.279. The molecule has 0 radical (unpaired) electrons. The predicted octanol–water partition coefficient (Wildman–Crippen LogP) is 2.60. The monoisotopic (exact) mass is 365 g/mol. The molecule has 1 aliphatic heterocycles. The molecule has 1 aromatic heterocycles. The van der Waals surface area contributed by atoms with E-state index in [9.17, 15) is 9.18 Å². The molecule has 0 bridgehead atoms. The fourth-order valence-electron chi connectivity index (χ4n) is 2.75. The Morgan fingerprint density at radius 2 is 1.85 bits per heavy atom. The van der Waals surface area contributed by atoms with Gasteiger partial charge in [-0.1, -0.05) is 53.8 Å². The van der Waals surface area contributed by atoms with Crippen molar-refractivity contribution in [2.45, 2.75) is 6.67 Å². The van der Waals surface area contributed by atoms with Gasteiger partial charge in [0.25, 0.3) is 5.56 Å². The molecule has 2 heterocycles. The van der Waals surface area contributed by atoms with Crippen molar-refractivity contribution in [3.05, 3.63) is 91.7 Å². The third-order valence-corrected chi connectivity index (χ3v) is 5.17. The first-order valence-corrected chi connectivity index (χ1v) is 9.00. The van der Waals surface area contributed by atoms with Gasteiger partial charge in [-0.2, -0.15) is 0 Å². The lowest BCUT2D eigenvalue weighted by Crippen LogP contribution is -2.42. The van der Waals surface area contributed by atoms with E-state index in [1.165, 1.54) is 23.5 Å². The number of nitrogens with zero attached hydrogens (tertiary/aromatic N) is 3. The van der Waals surface area contributed by atoms with Crippen LogP contribution in [0.1, 0.15) is 5.56 Å². The van der Waals surface area contributed by atoms with Gasteiger partial charge in [-0.05, 0) is 35.9 Å². The Morgan fingerprint density at radius 1 is 1.08 bits per heavy atom. The first-order chi connectivity index (χ1) is 12.7. The van der Waals surface area contributed by atoms with Crippen LogP contribution in [0.3, 0.4) is 0 Å². The number of hydrogen-bond donors (Lipinski definition) is 0. The number of allylic oxidation sites excluding steroid dienone is 1. The summed E-state index contributed by atoms with van der Waals surface area (Å²) in [5.41, 5.74) is 1.86. The molecule has 1 aliphatic rings. The van der Waals surface area contributed by atoms with E-state index < -0.39 is 0 Å². The zero-order chi connectivity index (χ0) is 17.9. The van der Waals surface area contributed by atoms with Crippen molar-refractivity contribution < 1.29 is 4.39 Å². The Bertz CT molecular complexity index is 1110. The van der Waals surface area contributed by atoms with Crippen LogP contribution in [0.5, 0.6) is 0 Å². The molecule has 6 heteroatoms. The summed E-state index contributed by atoms with van der Waals surface area (Å²) in [4.78, 5) is 19.8. The lowest BCUT2D eigenvalue weighted by atomic mass is 10.2. The van der Waals surface area contributed by atoms with E-state index in [0.29, 0.717) is 22.7 Å². The summed E-state index contributed by atoms with van der Waals surface area (Å²) in [6, 6.07) is 16.1. The Labute approximate surface area is 153 Å². The zero-order valence-corrected chi connectivity index (χ0v) is 14.7. The standard InChI is InChI=1S/C20H16FN3OS/c21-16-9-11-17(12-10-16)23-13-22-20-24(14-23)19(25)18(26-20)8-4-7-15-5-2-1-3-6-15/h1-12H,13-14H2/b7-4+,18-8-. The Balaban J connectivity index is 1.61. The van der Waals surface area contributed by atoms with Crippen LogP contribution in [0.15, 0.2) is 70.5 Å². The van der Waals surface area contributed by atoms with Crippen molar-refractivity contribution in [3.63, 3.8) is 0 Å². The maximum absolute atomic E-state index is 13.1. The van der Waals surface area contributed by atoms with Crippen LogP contribution in [-0.4, -0.2) is 11.2 Å². The van der Waals surface area contributed by atoms with Crippen LogP contribution in [0.25, 0.3) is 12.2 Å². The molecule has 0 N–H and O–H groups in total. The van der Waals surface area contributed by atoms with Crippen molar-refractivity contribution in [3.8, 4) is 0 Å². The molecule has 0 amide bonds. The highest BCUT2D eigenvalue weighted by molar-refractivity contribution is 7.07. The maximum atomic E-state index is 13.1. The van der Waals surface area contributed by atoms with E-state index in [0.717, 1.165) is 11.3 Å². The molecule has 130 valence electrons. The Kier molecular flexibility index (Phi) is 4.50. The van der Waals surface area contributed by atoms with Gasteiger partial charge in [0.15, 0.2) is 4.80 Å². The number of aromatic nitrogens is 1. The van der Waals surface area contributed by atoms with Crippen LogP contribution in [-0.2, 0) is 6.67 Å². The quantitative estimate of drug-likeness (QED) is 0.716. The highest BCUT2D eigenvalue weighted by Gasteiger charge is 2.15. The van der Waals surface area contributed by atoms with E-state index in [-0.39, 0.29) is 11.4 Å². The highest BCUT2D eigenvalue weighted by Crippen LogP contribution is 2.16. The van der Waals surface area contributed by atoms with E-state index in [1.807, 2.05) is 53.5 Å². The van der Waals surface area contributed by atoms with Gasteiger partial charge in [0.05, 0.1) is 4.53 Å². The van der Waals surface area contributed by atoms with Gasteiger partial charge in [0.2, 0.25) is 0 Å². The summed E-state index contributed by atoms with van der Waals surface area (Å²) >= 11 is 1.39. The lowest BCUT2D eigenvalue weighted by Gasteiger charge is -2.25. The second-order valence-corrected chi connectivity index (χ2v) is 6.88. The highest BCUT2D eigenvalue weighted by atomic mass is 32.1. The number of benzene rings is 2. The van der Waals surface area contributed by atoms with Crippen molar-refractivity contribution in [1.29, 1.82) is 0 Å². The van der Waals surface area contributed by atoms with E-state index in [2.05, 4.69) is 4.99 Å². The SMILES string of the molecule is O=c1/c(=C/C=C/c2ccccc2)sc2n1CN(c1ccc(F)cc1)CN=2. The van der Waals surface area contributed by atoms with E-state index in [4.69, 9.17) is 0 Å². The summed E-state index contributed by atoms with van der Waals surface area (Å²) in [5, 5.41) is 0. The molecule has 4 rings (SSSR count). The van der Waals surface area contributed by atoms with Crippen LogP contribution in [0.2, 0.25) is 0 Å². The molecule has 26 heavy (non-hydrogen) atoms. The van der Waals surface area contributed by atoms with Crippen LogP contribution in [0, 0.1) is 5.82 Å². The molecule has 0 fully saturated rings. The Morgan fingerprint density at radius 3 is 2.62 bits per heavy atom. The second-order valence-electron chi connectivity index (χ2n) is 5.88. The third-order valence-electron chi connectivity index (χ3n) is 4.10. The number of anilines is 1. The molecule has 0 unspecified atom stereocenters. The normalized spacial score (nSPS) is 14.5. The average molecular weight is 365 g/mol. The third kappa shape index (κ3) is 3.36. The first-order valence-electron chi connectivity index (χ1n) is 8.19. The molecule has 4 nitrogen and oxygen atoms in total. The van der Waals surface area contributed by atoms with E-state index in [1.54, 1.807) is 16.7 Å². The first kappa shape index (κ1) is 16.5. The topological polar surface area (TPSA) is 37.6 Å². The minimum absolute atomic E-state index is 0.0572. The fourth-order valence-corrected chi connectivity index (χ4v) is 3.67. The Hall–Kier alpha value is -2.99. The van der Waals surface area contributed by atoms with Gasteiger partial charge in [-0.3, -0.25) is 9.36 Å². The van der Waals surface area contributed by atoms with Gasteiger partial charge < -0.3 is 4.90 Å². The summed E-state index contributed by atoms with van der Waals surface area (Å²) in [6.07, 6.45) is 5.67. The number of hydrogen-bond acceptors (Lipinski definition) is 4. The van der Waals surface area contributed by atoms with Crippen LogP contribution < -0.4 is 19.8 Å². The summed E-state index contributed by atoms with van der Waals surface area (Å²) in [7, 11) is 0. The molecular weight excluding hydrogens is 349 g/mol. The zero-order valence-electron chi connectivity index (χ0n) is 13.9.